The van der Waals surface area contributed by atoms with E-state index in [1.54, 1.807) is 23.1 Å². The molecular weight excluding hydrogens is 293 g/mol. The number of rotatable bonds is 4. The van der Waals surface area contributed by atoms with E-state index in [1.807, 2.05) is 20.2 Å². The topological polar surface area (TPSA) is 75.4 Å². The average Bonchev–Trinajstić information content (AvgIpc) is 2.41. The van der Waals surface area contributed by atoms with Crippen molar-refractivity contribution in [2.24, 2.45) is 0 Å². The number of sulfonamides is 1. The molecule has 0 spiro atoms. The van der Waals surface area contributed by atoms with Gasteiger partial charge in [0.15, 0.2) is 0 Å². The lowest BCUT2D eigenvalue weighted by atomic mass is 10.2. The summed E-state index contributed by atoms with van der Waals surface area (Å²) in [5.41, 5.74) is 6.36. The van der Waals surface area contributed by atoms with Gasteiger partial charge in [-0.1, -0.05) is 12.1 Å². The van der Waals surface area contributed by atoms with E-state index >= 15 is 0 Å². The van der Waals surface area contributed by atoms with Gasteiger partial charge in [0.25, 0.3) is 10.0 Å². The lowest BCUT2D eigenvalue weighted by Crippen LogP contribution is -2.17. The van der Waals surface area contributed by atoms with Crippen LogP contribution in [0.1, 0.15) is 0 Å². The summed E-state index contributed by atoms with van der Waals surface area (Å²) in [4.78, 5) is 1.70. The maximum Gasteiger partial charge on any atom is 0.262 e. The number of hydrogen-bond acceptors (Lipinski definition) is 4. The second-order valence-corrected chi connectivity index (χ2v) is 6.38. The first kappa shape index (κ1) is 15.1. The number of benzene rings is 2. The molecule has 0 aliphatic carbocycles. The first-order chi connectivity index (χ1) is 9.81. The van der Waals surface area contributed by atoms with Gasteiger partial charge in [-0.05, 0) is 30.3 Å². The summed E-state index contributed by atoms with van der Waals surface area (Å²) >= 11 is 0. The van der Waals surface area contributed by atoms with Gasteiger partial charge in [0, 0.05) is 14.1 Å². The number of hydrogen-bond donors (Lipinski definition) is 2. The largest absolute Gasteiger partial charge is 0.396 e. The van der Waals surface area contributed by atoms with Gasteiger partial charge in [-0.2, -0.15) is 0 Å². The highest BCUT2D eigenvalue weighted by Crippen LogP contribution is 2.27. The number of anilines is 3. The summed E-state index contributed by atoms with van der Waals surface area (Å²) in [5.74, 6) is -0.650. The van der Waals surface area contributed by atoms with E-state index < -0.39 is 15.8 Å². The van der Waals surface area contributed by atoms with E-state index in [0.717, 1.165) is 17.8 Å². The number of nitrogens with one attached hydrogen (secondary N) is 1. The molecule has 0 fully saturated rings. The molecule has 0 radical (unpaired) electrons. The third-order valence-corrected chi connectivity index (χ3v) is 4.27. The monoisotopic (exact) mass is 309 g/mol. The van der Waals surface area contributed by atoms with E-state index in [-0.39, 0.29) is 10.6 Å². The van der Waals surface area contributed by atoms with Gasteiger partial charge >= 0.3 is 0 Å². The molecule has 0 saturated heterocycles. The number of nitrogens with zero attached hydrogens (tertiary/aromatic N) is 1. The molecule has 0 aromatic heterocycles. The number of para-hydroxylation sites is 2. The van der Waals surface area contributed by atoms with Crippen LogP contribution in [0, 0.1) is 5.82 Å². The van der Waals surface area contributed by atoms with Crippen molar-refractivity contribution >= 4 is 27.1 Å². The second-order valence-electron chi connectivity index (χ2n) is 4.70. The Kier molecular flexibility index (Phi) is 4.04. The minimum atomic E-state index is -3.83. The molecule has 112 valence electrons. The Morgan fingerprint density at radius 2 is 1.81 bits per heavy atom. The van der Waals surface area contributed by atoms with Gasteiger partial charge in [-0.15, -0.1) is 0 Å². The minimum Gasteiger partial charge on any atom is -0.396 e. The SMILES string of the molecule is CN(C)c1ccccc1NS(=O)(=O)c1ccc(F)c(N)c1. The van der Waals surface area contributed by atoms with Crippen LogP contribution in [0.25, 0.3) is 0 Å². The molecule has 0 saturated carbocycles. The van der Waals surface area contributed by atoms with Crippen molar-refractivity contribution in [2.45, 2.75) is 4.90 Å². The fraction of sp³-hybridized carbons (Fsp3) is 0.143. The van der Waals surface area contributed by atoms with E-state index in [9.17, 15) is 12.8 Å². The Hall–Kier alpha value is -2.28. The van der Waals surface area contributed by atoms with Crippen LogP contribution in [-0.2, 0) is 10.0 Å². The van der Waals surface area contributed by atoms with Crippen LogP contribution in [-0.4, -0.2) is 22.5 Å². The third kappa shape index (κ3) is 3.25. The molecule has 0 aliphatic heterocycles. The number of nitrogens with two attached hydrogens (primary N) is 1. The van der Waals surface area contributed by atoms with Crippen molar-refractivity contribution in [3.8, 4) is 0 Å². The normalized spacial score (nSPS) is 11.2. The summed E-state index contributed by atoms with van der Waals surface area (Å²) in [7, 11) is -0.215. The maximum absolute atomic E-state index is 13.1. The summed E-state index contributed by atoms with van der Waals surface area (Å²) in [6, 6.07) is 10.3. The van der Waals surface area contributed by atoms with Crippen LogP contribution in [0.2, 0.25) is 0 Å². The predicted octanol–water partition coefficient (Wildman–Crippen LogP) is 2.27. The Morgan fingerprint density at radius 1 is 1.14 bits per heavy atom. The van der Waals surface area contributed by atoms with Crippen LogP contribution in [0.15, 0.2) is 47.4 Å². The molecule has 0 atom stereocenters. The number of nitrogen functional groups attached to an aromatic ring is 1. The smallest absolute Gasteiger partial charge is 0.262 e. The van der Waals surface area contributed by atoms with Gasteiger partial charge in [-0.3, -0.25) is 4.72 Å². The molecule has 2 aromatic carbocycles. The Morgan fingerprint density at radius 3 is 2.43 bits per heavy atom. The first-order valence-electron chi connectivity index (χ1n) is 6.15. The highest BCUT2D eigenvalue weighted by atomic mass is 32.2. The van der Waals surface area contributed by atoms with Crippen LogP contribution >= 0.6 is 0 Å². The van der Waals surface area contributed by atoms with Crippen LogP contribution in [0.5, 0.6) is 0 Å². The highest BCUT2D eigenvalue weighted by Gasteiger charge is 2.17. The zero-order chi connectivity index (χ0) is 15.6. The summed E-state index contributed by atoms with van der Waals surface area (Å²) in [6.07, 6.45) is 0. The van der Waals surface area contributed by atoms with Gasteiger partial charge < -0.3 is 10.6 Å². The molecule has 0 amide bonds. The first-order valence-corrected chi connectivity index (χ1v) is 7.64. The van der Waals surface area contributed by atoms with Gasteiger partial charge in [0.1, 0.15) is 5.82 Å². The van der Waals surface area contributed by atoms with Gasteiger partial charge in [0.05, 0.1) is 22.0 Å². The highest BCUT2D eigenvalue weighted by molar-refractivity contribution is 7.92. The Bertz CT molecular complexity index is 761. The second kappa shape index (κ2) is 5.61. The molecule has 21 heavy (non-hydrogen) atoms. The fourth-order valence-corrected chi connectivity index (χ4v) is 2.95. The van der Waals surface area contributed by atoms with Crippen LogP contribution < -0.4 is 15.4 Å². The summed E-state index contributed by atoms with van der Waals surface area (Å²) in [5, 5.41) is 0. The van der Waals surface area contributed by atoms with Crippen molar-refractivity contribution in [1.29, 1.82) is 0 Å². The van der Waals surface area contributed by atoms with E-state index in [1.165, 1.54) is 6.07 Å². The summed E-state index contributed by atoms with van der Waals surface area (Å²) in [6.45, 7) is 0. The molecule has 0 heterocycles. The minimum absolute atomic E-state index is 0.0880. The quantitative estimate of drug-likeness (QED) is 0.850. The third-order valence-electron chi connectivity index (χ3n) is 2.91. The fourth-order valence-electron chi connectivity index (χ4n) is 1.84. The van der Waals surface area contributed by atoms with Crippen LogP contribution in [0.3, 0.4) is 0 Å². The maximum atomic E-state index is 13.1. The van der Waals surface area contributed by atoms with Crippen molar-refractivity contribution in [2.75, 3.05) is 29.5 Å². The lowest BCUT2D eigenvalue weighted by molar-refractivity contribution is 0.600. The van der Waals surface area contributed by atoms with E-state index in [2.05, 4.69) is 4.72 Å². The number of halogens is 1. The zero-order valence-electron chi connectivity index (χ0n) is 11.7. The molecule has 5 nitrogen and oxygen atoms in total. The van der Waals surface area contributed by atoms with E-state index in [0.29, 0.717) is 5.69 Å². The lowest BCUT2D eigenvalue weighted by Gasteiger charge is -2.18. The van der Waals surface area contributed by atoms with Crippen LogP contribution in [0.4, 0.5) is 21.5 Å². The zero-order valence-corrected chi connectivity index (χ0v) is 12.5. The molecule has 0 unspecified atom stereocenters. The Labute approximate surface area is 123 Å². The molecule has 7 heteroatoms. The molecular formula is C14H16FN3O2S. The van der Waals surface area contributed by atoms with Crippen molar-refractivity contribution in [1.82, 2.24) is 0 Å². The predicted molar refractivity (Wildman–Crippen MR) is 82.4 cm³/mol. The summed E-state index contributed by atoms with van der Waals surface area (Å²) < 4.78 is 40.3. The molecule has 2 rings (SSSR count). The van der Waals surface area contributed by atoms with Gasteiger partial charge in [0.2, 0.25) is 0 Å². The van der Waals surface area contributed by atoms with Crippen molar-refractivity contribution < 1.29 is 12.8 Å². The average molecular weight is 309 g/mol. The van der Waals surface area contributed by atoms with Gasteiger partial charge in [-0.25, -0.2) is 12.8 Å². The standard InChI is InChI=1S/C14H16FN3O2S/c1-18(2)14-6-4-3-5-13(14)17-21(19,20)10-7-8-11(15)12(16)9-10/h3-9,17H,16H2,1-2H3. The van der Waals surface area contributed by atoms with E-state index in [4.69, 9.17) is 5.73 Å². The molecule has 3 N–H and O–H groups in total. The Balaban J connectivity index is 2.40. The molecule has 0 bridgehead atoms. The van der Waals surface area contributed by atoms with Crippen molar-refractivity contribution in [3.05, 3.63) is 48.3 Å². The van der Waals surface area contributed by atoms with Crippen molar-refractivity contribution in [3.63, 3.8) is 0 Å². The molecule has 0 aliphatic rings. The molecule has 2 aromatic rings.